The van der Waals surface area contributed by atoms with Crippen LogP contribution in [-0.2, 0) is 22.5 Å². The molecule has 0 spiro atoms. The standard InChI is InChI=1S/C23H29NO2/c1-2-26-23(25)7-5-6-19-8-12-21(13-9-19)22-14-10-20(11-15-22)18-24-16-3-4-17-24/h8-15H,2-7,16-18H2,1H3. The van der Waals surface area contributed by atoms with Gasteiger partial charge in [0.1, 0.15) is 0 Å². The number of carbonyl (C=O) groups is 1. The lowest BCUT2D eigenvalue weighted by molar-refractivity contribution is -0.143. The molecule has 3 nitrogen and oxygen atoms in total. The number of benzene rings is 2. The van der Waals surface area contributed by atoms with Crippen molar-refractivity contribution in [1.29, 1.82) is 0 Å². The van der Waals surface area contributed by atoms with Gasteiger partial charge in [0.2, 0.25) is 0 Å². The van der Waals surface area contributed by atoms with E-state index < -0.39 is 0 Å². The van der Waals surface area contributed by atoms with Crippen LogP contribution in [0.25, 0.3) is 11.1 Å². The van der Waals surface area contributed by atoms with E-state index in [-0.39, 0.29) is 5.97 Å². The molecule has 0 amide bonds. The van der Waals surface area contributed by atoms with Crippen molar-refractivity contribution < 1.29 is 9.53 Å². The highest BCUT2D eigenvalue weighted by molar-refractivity contribution is 5.69. The third-order valence-electron chi connectivity index (χ3n) is 5.00. The minimum Gasteiger partial charge on any atom is -0.466 e. The Balaban J connectivity index is 1.52. The second kappa shape index (κ2) is 9.54. The summed E-state index contributed by atoms with van der Waals surface area (Å²) < 4.78 is 4.97. The normalized spacial score (nSPS) is 14.5. The summed E-state index contributed by atoms with van der Waals surface area (Å²) in [4.78, 5) is 13.9. The lowest BCUT2D eigenvalue weighted by atomic mass is 10.0. The fourth-order valence-electron chi connectivity index (χ4n) is 3.54. The molecule has 138 valence electrons. The van der Waals surface area contributed by atoms with E-state index in [0.717, 1.165) is 19.4 Å². The zero-order valence-corrected chi connectivity index (χ0v) is 15.7. The maximum Gasteiger partial charge on any atom is 0.305 e. The molecular weight excluding hydrogens is 322 g/mol. The Morgan fingerprint density at radius 2 is 1.50 bits per heavy atom. The minimum absolute atomic E-state index is 0.0989. The molecular formula is C23H29NO2. The molecule has 26 heavy (non-hydrogen) atoms. The van der Waals surface area contributed by atoms with Crippen LogP contribution in [0.1, 0.15) is 43.7 Å². The molecule has 0 unspecified atom stereocenters. The Morgan fingerprint density at radius 3 is 2.08 bits per heavy atom. The van der Waals surface area contributed by atoms with E-state index >= 15 is 0 Å². The number of hydrogen-bond donors (Lipinski definition) is 0. The number of carbonyl (C=O) groups excluding carboxylic acids is 1. The molecule has 2 aromatic carbocycles. The van der Waals surface area contributed by atoms with E-state index in [1.807, 2.05) is 6.92 Å². The summed E-state index contributed by atoms with van der Waals surface area (Å²) in [7, 11) is 0. The Hall–Kier alpha value is -2.13. The van der Waals surface area contributed by atoms with Gasteiger partial charge in [-0.15, -0.1) is 0 Å². The number of esters is 1. The van der Waals surface area contributed by atoms with Gasteiger partial charge < -0.3 is 4.74 Å². The van der Waals surface area contributed by atoms with Crippen molar-refractivity contribution in [2.75, 3.05) is 19.7 Å². The largest absolute Gasteiger partial charge is 0.466 e. The first-order valence-electron chi connectivity index (χ1n) is 9.81. The number of likely N-dealkylation sites (tertiary alicyclic amines) is 1. The van der Waals surface area contributed by atoms with Crippen molar-refractivity contribution in [3.8, 4) is 11.1 Å². The molecule has 1 aliphatic rings. The summed E-state index contributed by atoms with van der Waals surface area (Å²) in [6.45, 7) is 5.85. The molecule has 3 rings (SSSR count). The number of ether oxygens (including phenoxy) is 1. The average Bonchev–Trinajstić information content (AvgIpc) is 3.16. The summed E-state index contributed by atoms with van der Waals surface area (Å²) in [6, 6.07) is 17.6. The first-order valence-corrected chi connectivity index (χ1v) is 9.81. The molecule has 1 saturated heterocycles. The number of aryl methyl sites for hydroxylation is 1. The van der Waals surface area contributed by atoms with Gasteiger partial charge in [-0.1, -0.05) is 48.5 Å². The number of nitrogens with zero attached hydrogens (tertiary/aromatic N) is 1. The first kappa shape index (κ1) is 18.7. The Bertz CT molecular complexity index is 685. The van der Waals surface area contributed by atoms with Crippen molar-refractivity contribution in [3.63, 3.8) is 0 Å². The molecule has 1 fully saturated rings. The Kier molecular flexibility index (Phi) is 6.84. The highest BCUT2D eigenvalue weighted by Gasteiger charge is 2.11. The van der Waals surface area contributed by atoms with Crippen LogP contribution in [-0.4, -0.2) is 30.6 Å². The Labute approximate surface area is 157 Å². The predicted molar refractivity (Wildman–Crippen MR) is 106 cm³/mol. The van der Waals surface area contributed by atoms with Crippen LogP contribution >= 0.6 is 0 Å². The molecule has 1 aliphatic heterocycles. The topological polar surface area (TPSA) is 29.5 Å². The fourth-order valence-corrected chi connectivity index (χ4v) is 3.54. The maximum absolute atomic E-state index is 11.4. The third-order valence-corrected chi connectivity index (χ3v) is 5.00. The van der Waals surface area contributed by atoms with Gasteiger partial charge in [-0.25, -0.2) is 0 Å². The van der Waals surface area contributed by atoms with Gasteiger partial charge in [0, 0.05) is 13.0 Å². The molecule has 0 saturated carbocycles. The SMILES string of the molecule is CCOC(=O)CCCc1ccc(-c2ccc(CN3CCCC3)cc2)cc1. The summed E-state index contributed by atoms with van der Waals surface area (Å²) in [5.74, 6) is -0.0989. The van der Waals surface area contributed by atoms with Crippen LogP contribution in [0.2, 0.25) is 0 Å². The van der Waals surface area contributed by atoms with Crippen LogP contribution in [0.3, 0.4) is 0 Å². The highest BCUT2D eigenvalue weighted by atomic mass is 16.5. The quantitative estimate of drug-likeness (QED) is 0.638. The average molecular weight is 351 g/mol. The fraction of sp³-hybridized carbons (Fsp3) is 0.435. The molecule has 0 N–H and O–H groups in total. The summed E-state index contributed by atoms with van der Waals surface area (Å²) >= 11 is 0. The second-order valence-corrected chi connectivity index (χ2v) is 7.04. The summed E-state index contributed by atoms with van der Waals surface area (Å²) in [5.41, 5.74) is 5.16. The number of hydrogen-bond acceptors (Lipinski definition) is 3. The molecule has 0 aliphatic carbocycles. The predicted octanol–water partition coefficient (Wildman–Crippen LogP) is 4.84. The van der Waals surface area contributed by atoms with Crippen molar-refractivity contribution >= 4 is 5.97 Å². The van der Waals surface area contributed by atoms with Crippen molar-refractivity contribution in [2.45, 2.75) is 45.6 Å². The van der Waals surface area contributed by atoms with Crippen LogP contribution < -0.4 is 0 Å². The first-order chi connectivity index (χ1) is 12.7. The monoisotopic (exact) mass is 351 g/mol. The summed E-state index contributed by atoms with van der Waals surface area (Å²) in [6.07, 6.45) is 4.92. The molecule has 0 bridgehead atoms. The lowest BCUT2D eigenvalue weighted by Gasteiger charge is -2.14. The van der Waals surface area contributed by atoms with Crippen molar-refractivity contribution in [1.82, 2.24) is 4.90 Å². The number of rotatable bonds is 8. The molecule has 0 aromatic heterocycles. The van der Waals surface area contributed by atoms with Gasteiger partial charge in [-0.2, -0.15) is 0 Å². The zero-order chi connectivity index (χ0) is 18.2. The van der Waals surface area contributed by atoms with E-state index in [1.165, 1.54) is 48.2 Å². The van der Waals surface area contributed by atoms with Crippen LogP contribution in [0.5, 0.6) is 0 Å². The van der Waals surface area contributed by atoms with Crippen LogP contribution in [0.15, 0.2) is 48.5 Å². The smallest absolute Gasteiger partial charge is 0.305 e. The van der Waals surface area contributed by atoms with Crippen molar-refractivity contribution in [3.05, 3.63) is 59.7 Å². The van der Waals surface area contributed by atoms with Gasteiger partial charge in [0.25, 0.3) is 0 Å². The van der Waals surface area contributed by atoms with E-state index in [0.29, 0.717) is 13.0 Å². The van der Waals surface area contributed by atoms with Gasteiger partial charge in [-0.05, 0) is 68.0 Å². The molecule has 0 atom stereocenters. The van der Waals surface area contributed by atoms with E-state index in [2.05, 4.69) is 53.4 Å². The molecule has 0 radical (unpaired) electrons. The highest BCUT2D eigenvalue weighted by Crippen LogP contribution is 2.22. The third kappa shape index (κ3) is 5.43. The summed E-state index contributed by atoms with van der Waals surface area (Å²) in [5, 5.41) is 0. The van der Waals surface area contributed by atoms with Gasteiger partial charge >= 0.3 is 5.97 Å². The zero-order valence-electron chi connectivity index (χ0n) is 15.7. The van der Waals surface area contributed by atoms with E-state index in [1.54, 1.807) is 0 Å². The van der Waals surface area contributed by atoms with Crippen LogP contribution in [0.4, 0.5) is 0 Å². The Morgan fingerprint density at radius 1 is 0.923 bits per heavy atom. The van der Waals surface area contributed by atoms with Crippen molar-refractivity contribution in [2.24, 2.45) is 0 Å². The van der Waals surface area contributed by atoms with Crippen LogP contribution in [0, 0.1) is 0 Å². The molecule has 1 heterocycles. The van der Waals surface area contributed by atoms with E-state index in [9.17, 15) is 4.79 Å². The van der Waals surface area contributed by atoms with Gasteiger partial charge in [0.15, 0.2) is 0 Å². The van der Waals surface area contributed by atoms with Gasteiger partial charge in [0.05, 0.1) is 6.61 Å². The maximum atomic E-state index is 11.4. The molecule has 3 heteroatoms. The van der Waals surface area contributed by atoms with E-state index in [4.69, 9.17) is 4.74 Å². The lowest BCUT2D eigenvalue weighted by Crippen LogP contribution is -2.18. The minimum atomic E-state index is -0.0989. The second-order valence-electron chi connectivity index (χ2n) is 7.04. The van der Waals surface area contributed by atoms with Gasteiger partial charge in [-0.3, -0.25) is 9.69 Å². The molecule has 2 aromatic rings.